The molecule has 2 nitrogen and oxygen atoms in total. The zero-order chi connectivity index (χ0) is 9.42. The zero-order valence-electron chi connectivity index (χ0n) is 6.59. The topological polar surface area (TPSA) is 26.3 Å². The molecule has 4 heteroatoms. The SMILES string of the molecule is O=C1c2ccc(F)cc2OCC1Br. The minimum absolute atomic E-state index is 0.0544. The second kappa shape index (κ2) is 3.10. The van der Waals surface area contributed by atoms with Crippen LogP contribution < -0.4 is 4.74 Å². The van der Waals surface area contributed by atoms with Crippen molar-refractivity contribution in [1.29, 1.82) is 0 Å². The Bertz CT molecular complexity index is 365. The van der Waals surface area contributed by atoms with Crippen LogP contribution in [0.2, 0.25) is 0 Å². The van der Waals surface area contributed by atoms with Crippen molar-refractivity contribution in [3.8, 4) is 5.75 Å². The molecule has 0 fully saturated rings. The van der Waals surface area contributed by atoms with Crippen LogP contribution in [0.5, 0.6) is 5.75 Å². The zero-order valence-corrected chi connectivity index (χ0v) is 8.17. The van der Waals surface area contributed by atoms with Crippen LogP contribution in [0.1, 0.15) is 10.4 Å². The number of benzene rings is 1. The summed E-state index contributed by atoms with van der Waals surface area (Å²) in [5.41, 5.74) is 0.439. The van der Waals surface area contributed by atoms with Gasteiger partial charge in [-0.3, -0.25) is 4.79 Å². The Kier molecular flexibility index (Phi) is 2.07. The Balaban J connectivity index is 2.50. The van der Waals surface area contributed by atoms with Crippen LogP contribution in [-0.4, -0.2) is 17.2 Å². The van der Waals surface area contributed by atoms with Crippen molar-refractivity contribution >= 4 is 21.7 Å². The molecule has 0 bridgehead atoms. The highest BCUT2D eigenvalue weighted by Crippen LogP contribution is 2.27. The van der Waals surface area contributed by atoms with Gasteiger partial charge in [0.15, 0.2) is 5.78 Å². The summed E-state index contributed by atoms with van der Waals surface area (Å²) in [6.07, 6.45) is 0. The van der Waals surface area contributed by atoms with Crippen LogP contribution in [-0.2, 0) is 0 Å². The lowest BCUT2D eigenvalue weighted by molar-refractivity contribution is 0.0946. The maximum atomic E-state index is 12.7. The van der Waals surface area contributed by atoms with Gasteiger partial charge in [-0.05, 0) is 12.1 Å². The third kappa shape index (κ3) is 1.46. The number of hydrogen-bond donors (Lipinski definition) is 0. The van der Waals surface area contributed by atoms with Crippen molar-refractivity contribution < 1.29 is 13.9 Å². The minimum Gasteiger partial charge on any atom is -0.491 e. The number of alkyl halides is 1. The summed E-state index contributed by atoms with van der Waals surface area (Å²) >= 11 is 3.17. The van der Waals surface area contributed by atoms with E-state index in [1.807, 2.05) is 0 Å². The van der Waals surface area contributed by atoms with Crippen LogP contribution in [0.25, 0.3) is 0 Å². The standard InChI is InChI=1S/C9H6BrFO2/c10-7-4-13-8-3-5(11)1-2-6(8)9(7)12/h1-3,7H,4H2. The van der Waals surface area contributed by atoms with E-state index in [-0.39, 0.29) is 23.0 Å². The predicted octanol–water partition coefficient (Wildman–Crippen LogP) is 2.16. The van der Waals surface area contributed by atoms with Gasteiger partial charge < -0.3 is 4.74 Å². The van der Waals surface area contributed by atoms with Crippen molar-refractivity contribution in [3.05, 3.63) is 29.6 Å². The number of carbonyl (C=O) groups is 1. The van der Waals surface area contributed by atoms with Crippen LogP contribution in [0.4, 0.5) is 4.39 Å². The van der Waals surface area contributed by atoms with Gasteiger partial charge >= 0.3 is 0 Å². The molecule has 0 N–H and O–H groups in total. The molecule has 2 rings (SSSR count). The Morgan fingerprint density at radius 1 is 1.54 bits per heavy atom. The van der Waals surface area contributed by atoms with Crippen molar-refractivity contribution in [3.63, 3.8) is 0 Å². The fourth-order valence-corrected chi connectivity index (χ4v) is 1.61. The number of ketones is 1. The molecule has 0 spiro atoms. The molecule has 1 aromatic rings. The van der Waals surface area contributed by atoms with Gasteiger partial charge in [0.1, 0.15) is 23.0 Å². The summed E-state index contributed by atoms with van der Waals surface area (Å²) in [4.78, 5) is 11.2. The highest BCUT2D eigenvalue weighted by molar-refractivity contribution is 9.10. The van der Waals surface area contributed by atoms with Gasteiger partial charge in [-0.25, -0.2) is 4.39 Å². The van der Waals surface area contributed by atoms with Gasteiger partial charge in [0, 0.05) is 6.07 Å². The average Bonchev–Trinajstić information content (AvgIpc) is 2.12. The van der Waals surface area contributed by atoms with E-state index in [1.165, 1.54) is 18.2 Å². The molecule has 1 atom stereocenters. The lowest BCUT2D eigenvalue weighted by atomic mass is 10.1. The van der Waals surface area contributed by atoms with Crippen LogP contribution >= 0.6 is 15.9 Å². The lowest BCUT2D eigenvalue weighted by Gasteiger charge is -2.19. The molecular formula is C9H6BrFO2. The van der Waals surface area contributed by atoms with E-state index in [2.05, 4.69) is 15.9 Å². The molecule has 1 aliphatic rings. The van der Waals surface area contributed by atoms with E-state index in [1.54, 1.807) is 0 Å². The largest absolute Gasteiger partial charge is 0.491 e. The van der Waals surface area contributed by atoms with E-state index in [0.29, 0.717) is 11.3 Å². The molecule has 1 aromatic carbocycles. The maximum Gasteiger partial charge on any atom is 0.183 e. The van der Waals surface area contributed by atoms with E-state index < -0.39 is 0 Å². The monoisotopic (exact) mass is 244 g/mol. The molecular weight excluding hydrogens is 239 g/mol. The van der Waals surface area contributed by atoms with Crippen LogP contribution in [0.3, 0.4) is 0 Å². The van der Waals surface area contributed by atoms with Crippen molar-refractivity contribution in [2.45, 2.75) is 4.83 Å². The Hall–Kier alpha value is -0.900. The van der Waals surface area contributed by atoms with E-state index in [4.69, 9.17) is 4.74 Å². The Morgan fingerprint density at radius 3 is 3.08 bits per heavy atom. The lowest BCUT2D eigenvalue weighted by Crippen LogP contribution is -2.27. The number of halogens is 2. The first kappa shape index (κ1) is 8.69. The third-order valence-electron chi connectivity index (χ3n) is 1.88. The number of carbonyl (C=O) groups excluding carboxylic acids is 1. The molecule has 13 heavy (non-hydrogen) atoms. The molecule has 0 aromatic heterocycles. The van der Waals surface area contributed by atoms with Gasteiger partial charge in [-0.15, -0.1) is 0 Å². The third-order valence-corrected chi connectivity index (χ3v) is 2.56. The van der Waals surface area contributed by atoms with Gasteiger partial charge in [0.2, 0.25) is 0 Å². The number of ether oxygens (including phenoxy) is 1. The molecule has 0 saturated heterocycles. The predicted molar refractivity (Wildman–Crippen MR) is 48.9 cm³/mol. The molecule has 0 saturated carbocycles. The van der Waals surface area contributed by atoms with Crippen LogP contribution in [0, 0.1) is 5.82 Å². The van der Waals surface area contributed by atoms with Gasteiger partial charge in [-0.2, -0.15) is 0 Å². The smallest absolute Gasteiger partial charge is 0.183 e. The van der Waals surface area contributed by atoms with Gasteiger partial charge in [0.05, 0.1) is 5.56 Å². The first-order valence-electron chi connectivity index (χ1n) is 3.79. The number of hydrogen-bond acceptors (Lipinski definition) is 2. The summed E-state index contributed by atoms with van der Waals surface area (Å²) in [5, 5.41) is 0. The summed E-state index contributed by atoms with van der Waals surface area (Å²) in [6, 6.07) is 3.93. The number of rotatable bonds is 0. The molecule has 0 aliphatic carbocycles. The van der Waals surface area contributed by atoms with Crippen molar-refractivity contribution in [2.24, 2.45) is 0 Å². The Labute approximate surface area is 82.8 Å². The Morgan fingerprint density at radius 2 is 2.31 bits per heavy atom. The fraction of sp³-hybridized carbons (Fsp3) is 0.222. The van der Waals surface area contributed by atoms with E-state index in [9.17, 15) is 9.18 Å². The highest BCUT2D eigenvalue weighted by atomic mass is 79.9. The second-order valence-electron chi connectivity index (χ2n) is 2.78. The fourth-order valence-electron chi connectivity index (χ4n) is 1.23. The van der Waals surface area contributed by atoms with Crippen LogP contribution in [0.15, 0.2) is 18.2 Å². The van der Waals surface area contributed by atoms with Gasteiger partial charge in [-0.1, -0.05) is 15.9 Å². The quantitative estimate of drug-likeness (QED) is 0.654. The second-order valence-corrected chi connectivity index (χ2v) is 3.89. The van der Waals surface area contributed by atoms with Gasteiger partial charge in [0.25, 0.3) is 0 Å². The van der Waals surface area contributed by atoms with E-state index >= 15 is 0 Å². The van der Waals surface area contributed by atoms with E-state index in [0.717, 1.165) is 0 Å². The molecule has 1 aliphatic heterocycles. The molecule has 0 amide bonds. The molecule has 1 unspecified atom stereocenters. The van der Waals surface area contributed by atoms with Crippen molar-refractivity contribution in [2.75, 3.05) is 6.61 Å². The first-order chi connectivity index (χ1) is 6.18. The molecule has 1 heterocycles. The highest BCUT2D eigenvalue weighted by Gasteiger charge is 2.26. The minimum atomic E-state index is -0.389. The number of Topliss-reactive ketones (excluding diaryl/α,β-unsaturated/α-hetero) is 1. The summed E-state index contributed by atoms with van der Waals surface area (Å²) in [5.74, 6) is -0.110. The van der Waals surface area contributed by atoms with Crippen molar-refractivity contribution in [1.82, 2.24) is 0 Å². The molecule has 0 radical (unpaired) electrons. The summed E-state index contributed by atoms with van der Waals surface area (Å²) in [7, 11) is 0. The first-order valence-corrected chi connectivity index (χ1v) is 4.70. The number of fused-ring (bicyclic) bond motifs is 1. The normalized spacial score (nSPS) is 20.8. The average molecular weight is 245 g/mol. The summed E-state index contributed by atoms with van der Waals surface area (Å²) in [6.45, 7) is 0.259. The summed E-state index contributed by atoms with van der Waals surface area (Å²) < 4.78 is 17.9. The molecule has 68 valence electrons. The maximum absolute atomic E-state index is 12.7.